The summed E-state index contributed by atoms with van der Waals surface area (Å²) in [5.74, 6) is 0.147. The average molecular weight is 599 g/mol. The molecule has 0 aliphatic carbocycles. The number of halogens is 1. The van der Waals surface area contributed by atoms with Crippen molar-refractivity contribution in [2.45, 2.75) is 18.9 Å². The van der Waals surface area contributed by atoms with Crippen LogP contribution in [-0.2, 0) is 17.6 Å². The molecule has 1 saturated heterocycles. The van der Waals surface area contributed by atoms with Gasteiger partial charge < -0.3 is 29.9 Å². The van der Waals surface area contributed by atoms with Crippen LogP contribution in [0.5, 0.6) is 0 Å². The first-order valence-corrected chi connectivity index (χ1v) is 15.4. The topological polar surface area (TPSA) is 74.9 Å². The zero-order valence-electron chi connectivity index (χ0n) is 24.8. The number of H-pyrrole nitrogens is 1. The Labute approximate surface area is 258 Å². The van der Waals surface area contributed by atoms with Crippen molar-refractivity contribution >= 4 is 45.8 Å². The van der Waals surface area contributed by atoms with Crippen LogP contribution < -0.4 is 15.1 Å². The van der Waals surface area contributed by atoms with Crippen LogP contribution in [0, 0.1) is 5.92 Å². The van der Waals surface area contributed by atoms with Crippen LogP contribution in [-0.4, -0.2) is 86.1 Å². The van der Waals surface area contributed by atoms with Crippen LogP contribution in [0.1, 0.15) is 11.1 Å². The second kappa shape index (κ2) is 12.7. The van der Waals surface area contributed by atoms with Crippen molar-refractivity contribution in [3.63, 3.8) is 0 Å². The van der Waals surface area contributed by atoms with Gasteiger partial charge in [-0.2, -0.15) is 0 Å². The predicted molar refractivity (Wildman–Crippen MR) is 174 cm³/mol. The molecule has 0 spiro atoms. The minimum Gasteiger partial charge on any atom is -0.368 e. The van der Waals surface area contributed by atoms with Crippen molar-refractivity contribution in [3.8, 4) is 0 Å². The van der Waals surface area contributed by atoms with Gasteiger partial charge in [0.25, 0.3) is 0 Å². The highest BCUT2D eigenvalue weighted by molar-refractivity contribution is 6.30. The minimum absolute atomic E-state index is 0.103. The number of anilines is 2. The lowest BCUT2D eigenvalue weighted by atomic mass is 9.91. The van der Waals surface area contributed by atoms with E-state index in [9.17, 15) is 9.59 Å². The van der Waals surface area contributed by atoms with Crippen LogP contribution in [0.4, 0.5) is 16.2 Å². The van der Waals surface area contributed by atoms with Crippen molar-refractivity contribution in [1.82, 2.24) is 20.1 Å². The number of carbonyl (C=O) groups excluding carboxylic acids is 2. The van der Waals surface area contributed by atoms with Crippen molar-refractivity contribution in [1.29, 1.82) is 0 Å². The Morgan fingerprint density at radius 1 is 1.00 bits per heavy atom. The number of piperazine rings is 1. The lowest BCUT2D eigenvalue weighted by Gasteiger charge is -2.39. The number of hydrogen-bond donors (Lipinski definition) is 2. The molecular formula is C34H39ClN6O2. The normalized spacial score (nSPS) is 17.7. The van der Waals surface area contributed by atoms with E-state index in [1.54, 1.807) is 0 Å². The zero-order chi connectivity index (χ0) is 29.9. The fraction of sp³-hybridized carbons (Fsp3) is 0.353. The maximum Gasteiger partial charge on any atom is 0.318 e. The van der Waals surface area contributed by atoms with Crippen molar-refractivity contribution < 1.29 is 9.59 Å². The van der Waals surface area contributed by atoms with Gasteiger partial charge in [-0.25, -0.2) is 4.79 Å². The lowest BCUT2D eigenvalue weighted by Crippen LogP contribution is -2.58. The van der Waals surface area contributed by atoms with Gasteiger partial charge in [-0.15, -0.1) is 0 Å². The second-order valence-corrected chi connectivity index (χ2v) is 12.4. The number of aromatic nitrogens is 1. The molecule has 0 radical (unpaired) electrons. The van der Waals surface area contributed by atoms with Gasteiger partial charge in [-0.05, 0) is 74.0 Å². The molecule has 0 saturated carbocycles. The molecule has 6 rings (SSSR count). The number of hydrogen-bond acceptors (Lipinski definition) is 4. The fourth-order valence-electron chi connectivity index (χ4n) is 6.52. The van der Waals surface area contributed by atoms with Crippen LogP contribution in [0.25, 0.3) is 10.9 Å². The van der Waals surface area contributed by atoms with Gasteiger partial charge in [0, 0.05) is 79.2 Å². The largest absolute Gasteiger partial charge is 0.368 e. The minimum atomic E-state index is -0.736. The smallest absolute Gasteiger partial charge is 0.318 e. The summed E-state index contributed by atoms with van der Waals surface area (Å²) in [6.07, 6.45) is 3.19. The highest BCUT2D eigenvalue weighted by atomic mass is 35.5. The third kappa shape index (κ3) is 6.50. The van der Waals surface area contributed by atoms with E-state index >= 15 is 0 Å². The summed E-state index contributed by atoms with van der Waals surface area (Å²) < 4.78 is 0. The van der Waals surface area contributed by atoms with E-state index in [0.717, 1.165) is 59.5 Å². The van der Waals surface area contributed by atoms with Gasteiger partial charge in [-0.3, -0.25) is 4.79 Å². The number of fused-ring (bicyclic) bond motifs is 2. The van der Waals surface area contributed by atoms with Crippen LogP contribution in [0.15, 0.2) is 79.0 Å². The highest BCUT2D eigenvalue weighted by Gasteiger charge is 2.35. The van der Waals surface area contributed by atoms with Crippen LogP contribution in [0.2, 0.25) is 5.02 Å². The standard InChI is InChI=1S/C34H39ClN6O2/c1-38(2)22-24-18-25-19-27(35)12-13-32(25)41(23-24)33(42)31(20-26-21-36-30-11-7-6-10-29(26)30)37-34(43)40-16-14-39(15-17-40)28-8-4-3-5-9-28/h3-13,19,21,24,31,36H,14-18,20,22-23H2,1-2H3,(H,37,43)/t24-,31+/m0/s1. The first-order valence-electron chi connectivity index (χ1n) is 15.0. The number of urea groups is 1. The summed E-state index contributed by atoms with van der Waals surface area (Å²) in [5, 5.41) is 4.89. The van der Waals surface area contributed by atoms with E-state index < -0.39 is 6.04 Å². The quantitative estimate of drug-likeness (QED) is 0.313. The third-order valence-corrected chi connectivity index (χ3v) is 8.79. The van der Waals surface area contributed by atoms with E-state index in [1.165, 1.54) is 0 Å². The molecular weight excluding hydrogens is 560 g/mol. The Hall–Kier alpha value is -4.01. The monoisotopic (exact) mass is 598 g/mol. The van der Waals surface area contributed by atoms with Gasteiger partial charge in [0.2, 0.25) is 5.91 Å². The number of rotatable bonds is 7. The Bertz CT molecular complexity index is 1580. The molecule has 4 aromatic rings. The number of benzene rings is 3. The van der Waals surface area contributed by atoms with Gasteiger partial charge >= 0.3 is 6.03 Å². The molecule has 3 heterocycles. The van der Waals surface area contributed by atoms with Crippen molar-refractivity contribution in [2.24, 2.45) is 5.92 Å². The van der Waals surface area contributed by atoms with Crippen molar-refractivity contribution in [3.05, 3.63) is 95.1 Å². The second-order valence-electron chi connectivity index (χ2n) is 11.9. The molecule has 3 aromatic carbocycles. The van der Waals surface area contributed by atoms with E-state index in [1.807, 2.05) is 70.6 Å². The Morgan fingerprint density at radius 3 is 2.51 bits per heavy atom. The summed E-state index contributed by atoms with van der Waals surface area (Å²) in [4.78, 5) is 39.7. The maximum absolute atomic E-state index is 14.5. The molecule has 1 fully saturated rings. The molecule has 2 aliphatic rings. The Balaban J connectivity index is 1.25. The first kappa shape index (κ1) is 29.1. The molecule has 224 valence electrons. The zero-order valence-corrected chi connectivity index (χ0v) is 25.6. The predicted octanol–water partition coefficient (Wildman–Crippen LogP) is 5.03. The molecule has 0 bridgehead atoms. The number of nitrogens with zero attached hydrogens (tertiary/aromatic N) is 4. The Morgan fingerprint density at radius 2 is 1.74 bits per heavy atom. The maximum atomic E-state index is 14.5. The average Bonchev–Trinajstić information content (AvgIpc) is 3.42. The summed E-state index contributed by atoms with van der Waals surface area (Å²) in [6.45, 7) is 4.09. The van der Waals surface area contributed by atoms with E-state index in [-0.39, 0.29) is 17.9 Å². The van der Waals surface area contributed by atoms with E-state index in [4.69, 9.17) is 11.6 Å². The number of para-hydroxylation sites is 2. The van der Waals surface area contributed by atoms with E-state index in [2.05, 4.69) is 52.4 Å². The molecule has 2 aliphatic heterocycles. The molecule has 0 unspecified atom stereocenters. The van der Waals surface area contributed by atoms with Gasteiger partial charge in [-0.1, -0.05) is 48.0 Å². The van der Waals surface area contributed by atoms with Gasteiger partial charge in [0.1, 0.15) is 6.04 Å². The summed E-state index contributed by atoms with van der Waals surface area (Å²) >= 11 is 6.39. The first-order chi connectivity index (χ1) is 20.9. The van der Waals surface area contributed by atoms with Crippen LogP contribution >= 0.6 is 11.6 Å². The highest BCUT2D eigenvalue weighted by Crippen LogP contribution is 2.33. The molecule has 9 heteroatoms. The molecule has 8 nitrogen and oxygen atoms in total. The SMILES string of the molecule is CN(C)C[C@@H]1Cc2cc(Cl)ccc2N(C(=O)[C@@H](Cc2c[nH]c3ccccc23)NC(=O)N2CCN(c3ccccc3)CC2)C1. The van der Waals surface area contributed by atoms with Crippen LogP contribution in [0.3, 0.4) is 0 Å². The fourth-order valence-corrected chi connectivity index (χ4v) is 6.71. The third-order valence-electron chi connectivity index (χ3n) is 8.55. The number of amides is 3. The molecule has 2 atom stereocenters. The molecule has 2 N–H and O–H groups in total. The Kier molecular flexibility index (Phi) is 8.58. The summed E-state index contributed by atoms with van der Waals surface area (Å²) in [5.41, 5.74) is 5.11. The number of carbonyl (C=O) groups is 2. The lowest BCUT2D eigenvalue weighted by molar-refractivity contribution is -0.120. The van der Waals surface area contributed by atoms with Gasteiger partial charge in [0.05, 0.1) is 0 Å². The number of nitrogens with one attached hydrogen (secondary N) is 2. The van der Waals surface area contributed by atoms with Gasteiger partial charge in [0.15, 0.2) is 0 Å². The number of aromatic amines is 1. The van der Waals surface area contributed by atoms with E-state index in [0.29, 0.717) is 31.1 Å². The molecule has 3 amide bonds. The molecule has 43 heavy (non-hydrogen) atoms. The van der Waals surface area contributed by atoms with Crippen molar-refractivity contribution in [2.75, 3.05) is 63.2 Å². The summed E-state index contributed by atoms with van der Waals surface area (Å²) in [6, 6.07) is 23.1. The molecule has 1 aromatic heterocycles. The summed E-state index contributed by atoms with van der Waals surface area (Å²) in [7, 11) is 4.11.